The summed E-state index contributed by atoms with van der Waals surface area (Å²) >= 11 is 0. The van der Waals surface area contributed by atoms with E-state index in [-0.39, 0.29) is 11.1 Å². The Labute approximate surface area is 177 Å². The molecule has 2 aliphatic rings. The van der Waals surface area contributed by atoms with Crippen LogP contribution >= 0.6 is 0 Å². The molecular formula is C27H26N2O. The Hall–Kier alpha value is -3.20. The lowest BCUT2D eigenvalue weighted by Gasteiger charge is -2.50. The molecule has 4 aromatic carbocycles. The van der Waals surface area contributed by atoms with Crippen LogP contribution in [0, 0.1) is 6.92 Å². The fourth-order valence-electron chi connectivity index (χ4n) is 5.61. The molecule has 1 unspecified atom stereocenters. The van der Waals surface area contributed by atoms with Crippen LogP contribution < -0.4 is 15.0 Å². The van der Waals surface area contributed by atoms with Gasteiger partial charge in [-0.05, 0) is 29.3 Å². The number of hydrogen-bond donors (Lipinski definition) is 1. The van der Waals surface area contributed by atoms with E-state index in [4.69, 9.17) is 4.74 Å². The Kier molecular flexibility index (Phi) is 3.35. The number of fused-ring (bicyclic) bond motifs is 7. The van der Waals surface area contributed by atoms with E-state index in [0.717, 1.165) is 11.4 Å². The third-order valence-corrected chi connectivity index (χ3v) is 7.44. The fraction of sp³-hybridized carbons (Fsp3) is 0.259. The minimum Gasteiger partial charge on any atom is -0.486 e. The molecule has 30 heavy (non-hydrogen) atoms. The van der Waals surface area contributed by atoms with E-state index in [0.29, 0.717) is 6.61 Å². The first-order valence-electron chi connectivity index (χ1n) is 10.6. The molecule has 0 fully saturated rings. The molecule has 2 heterocycles. The second kappa shape index (κ2) is 5.69. The van der Waals surface area contributed by atoms with Crippen LogP contribution in [0.1, 0.15) is 25.0 Å². The van der Waals surface area contributed by atoms with Crippen LogP contribution in [0.4, 0.5) is 11.4 Å². The first-order chi connectivity index (χ1) is 14.4. The van der Waals surface area contributed by atoms with Crippen LogP contribution in [0.25, 0.3) is 21.5 Å². The highest BCUT2D eigenvalue weighted by molar-refractivity contribution is 6.17. The lowest BCUT2D eigenvalue weighted by atomic mass is 9.74. The summed E-state index contributed by atoms with van der Waals surface area (Å²) < 4.78 is 6.65. The SMILES string of the molecule is Cc1ccc2c(c1)C(C)(C)C1(COc3c(c4ccccc4c4ccccc34)N1)N2C. The van der Waals surface area contributed by atoms with E-state index in [9.17, 15) is 0 Å². The lowest BCUT2D eigenvalue weighted by Crippen LogP contribution is -2.65. The van der Waals surface area contributed by atoms with Gasteiger partial charge < -0.3 is 15.0 Å². The molecule has 0 amide bonds. The molecular weight excluding hydrogens is 368 g/mol. The molecule has 0 saturated carbocycles. The number of ether oxygens (including phenoxy) is 1. The summed E-state index contributed by atoms with van der Waals surface area (Å²) in [5, 5.41) is 8.89. The highest BCUT2D eigenvalue weighted by atomic mass is 16.5. The van der Waals surface area contributed by atoms with Gasteiger partial charge in [-0.1, -0.05) is 80.1 Å². The number of likely N-dealkylation sites (N-methyl/N-ethyl adjacent to an activating group) is 1. The van der Waals surface area contributed by atoms with Gasteiger partial charge >= 0.3 is 0 Å². The Morgan fingerprint density at radius 3 is 2.23 bits per heavy atom. The summed E-state index contributed by atoms with van der Waals surface area (Å²) in [6.07, 6.45) is 0. The maximum Gasteiger partial charge on any atom is 0.155 e. The molecule has 150 valence electrons. The second-order valence-electron chi connectivity index (χ2n) is 9.27. The van der Waals surface area contributed by atoms with Gasteiger partial charge in [0.1, 0.15) is 6.61 Å². The molecule has 6 rings (SSSR count). The lowest BCUT2D eigenvalue weighted by molar-refractivity contribution is 0.167. The smallest absolute Gasteiger partial charge is 0.155 e. The van der Waals surface area contributed by atoms with Crippen LogP contribution in [0.3, 0.4) is 0 Å². The normalized spacial score (nSPS) is 21.4. The third kappa shape index (κ3) is 2.00. The summed E-state index contributed by atoms with van der Waals surface area (Å²) in [6, 6.07) is 24.0. The van der Waals surface area contributed by atoms with E-state index in [1.165, 1.54) is 38.4 Å². The van der Waals surface area contributed by atoms with Crippen LogP contribution in [-0.2, 0) is 5.41 Å². The number of hydrogen-bond acceptors (Lipinski definition) is 3. The molecule has 0 aliphatic carbocycles. The summed E-state index contributed by atoms with van der Waals surface area (Å²) in [7, 11) is 2.19. The average Bonchev–Trinajstić information content (AvgIpc) is 2.92. The van der Waals surface area contributed by atoms with Crippen molar-refractivity contribution in [1.82, 2.24) is 0 Å². The fourth-order valence-corrected chi connectivity index (χ4v) is 5.61. The van der Waals surface area contributed by atoms with Crippen molar-refractivity contribution in [2.75, 3.05) is 23.9 Å². The molecule has 3 nitrogen and oxygen atoms in total. The Bertz CT molecular complexity index is 1340. The first-order valence-corrected chi connectivity index (χ1v) is 10.6. The standard InChI is InChI=1S/C27H26N2O/c1-17-13-14-23-22(15-17)26(2,3)27(29(23)4)16-30-25-21-12-8-6-10-19(21)18-9-5-7-11-20(18)24(25)28-27/h5-15,28H,16H2,1-4H3. The van der Waals surface area contributed by atoms with Gasteiger partial charge in [-0.2, -0.15) is 0 Å². The molecule has 0 radical (unpaired) electrons. The van der Waals surface area contributed by atoms with Crippen molar-refractivity contribution in [3.05, 3.63) is 77.9 Å². The topological polar surface area (TPSA) is 24.5 Å². The first kappa shape index (κ1) is 17.6. The maximum absolute atomic E-state index is 6.65. The van der Waals surface area contributed by atoms with Crippen molar-refractivity contribution in [2.24, 2.45) is 0 Å². The molecule has 3 heteroatoms. The maximum atomic E-state index is 6.65. The molecule has 0 aromatic heterocycles. The van der Waals surface area contributed by atoms with Gasteiger partial charge in [0.2, 0.25) is 0 Å². The summed E-state index contributed by atoms with van der Waals surface area (Å²) in [4.78, 5) is 2.38. The van der Waals surface area contributed by atoms with E-state index in [1.54, 1.807) is 0 Å². The zero-order valence-corrected chi connectivity index (χ0v) is 17.9. The van der Waals surface area contributed by atoms with Crippen molar-refractivity contribution in [3.63, 3.8) is 0 Å². The van der Waals surface area contributed by atoms with Gasteiger partial charge in [0.15, 0.2) is 11.4 Å². The van der Waals surface area contributed by atoms with E-state index < -0.39 is 0 Å². The van der Waals surface area contributed by atoms with Gasteiger partial charge in [0, 0.05) is 28.9 Å². The number of nitrogens with one attached hydrogen (secondary N) is 1. The van der Waals surface area contributed by atoms with Crippen molar-refractivity contribution in [1.29, 1.82) is 0 Å². The van der Waals surface area contributed by atoms with Gasteiger partial charge in [0.05, 0.1) is 5.69 Å². The number of rotatable bonds is 0. The van der Waals surface area contributed by atoms with Crippen molar-refractivity contribution < 1.29 is 4.74 Å². The number of aryl methyl sites for hydroxylation is 1. The molecule has 4 aromatic rings. The molecule has 2 aliphatic heterocycles. The van der Waals surface area contributed by atoms with E-state index in [1.807, 2.05) is 0 Å². The summed E-state index contributed by atoms with van der Waals surface area (Å²) in [6.45, 7) is 7.42. The van der Waals surface area contributed by atoms with Crippen molar-refractivity contribution in [2.45, 2.75) is 31.8 Å². The summed E-state index contributed by atoms with van der Waals surface area (Å²) in [5.74, 6) is 0.964. The predicted molar refractivity (Wildman–Crippen MR) is 126 cm³/mol. The Morgan fingerprint density at radius 1 is 0.867 bits per heavy atom. The average molecular weight is 395 g/mol. The van der Waals surface area contributed by atoms with Crippen LogP contribution in [0.5, 0.6) is 5.75 Å². The van der Waals surface area contributed by atoms with Crippen molar-refractivity contribution >= 4 is 32.9 Å². The number of anilines is 2. The van der Waals surface area contributed by atoms with Crippen LogP contribution in [0.15, 0.2) is 66.7 Å². The monoisotopic (exact) mass is 394 g/mol. The molecule has 1 N–H and O–H groups in total. The predicted octanol–water partition coefficient (Wildman–Crippen LogP) is 6.23. The molecule has 0 bridgehead atoms. The Balaban J connectivity index is 1.63. The molecule has 1 spiro atoms. The quantitative estimate of drug-likeness (QED) is 0.358. The van der Waals surface area contributed by atoms with E-state index in [2.05, 4.69) is 105 Å². The van der Waals surface area contributed by atoms with Crippen LogP contribution in [0.2, 0.25) is 0 Å². The largest absolute Gasteiger partial charge is 0.486 e. The van der Waals surface area contributed by atoms with Gasteiger partial charge in [-0.3, -0.25) is 0 Å². The highest BCUT2D eigenvalue weighted by Gasteiger charge is 2.58. The minimum atomic E-state index is -0.360. The number of benzene rings is 4. The van der Waals surface area contributed by atoms with E-state index >= 15 is 0 Å². The van der Waals surface area contributed by atoms with Crippen LogP contribution in [-0.4, -0.2) is 19.3 Å². The zero-order valence-electron chi connectivity index (χ0n) is 17.9. The minimum absolute atomic E-state index is 0.131. The Morgan fingerprint density at radius 2 is 1.50 bits per heavy atom. The van der Waals surface area contributed by atoms with Gasteiger partial charge in [0.25, 0.3) is 0 Å². The zero-order chi connectivity index (χ0) is 20.7. The molecule has 0 saturated heterocycles. The molecule has 1 atom stereocenters. The summed E-state index contributed by atoms with van der Waals surface area (Å²) in [5.41, 5.74) is 4.54. The third-order valence-electron chi connectivity index (χ3n) is 7.44. The van der Waals surface area contributed by atoms with Gasteiger partial charge in [-0.15, -0.1) is 0 Å². The van der Waals surface area contributed by atoms with Crippen molar-refractivity contribution in [3.8, 4) is 5.75 Å². The van der Waals surface area contributed by atoms with Gasteiger partial charge in [-0.25, -0.2) is 0 Å². The number of nitrogens with zero attached hydrogens (tertiary/aromatic N) is 1. The highest BCUT2D eigenvalue weighted by Crippen LogP contribution is 2.55. The second-order valence-corrected chi connectivity index (χ2v) is 9.27.